The topological polar surface area (TPSA) is 32.8 Å². The molecule has 0 radical (unpaired) electrons. The van der Waals surface area contributed by atoms with Crippen LogP contribution in [0.5, 0.6) is 0 Å². The lowest BCUT2D eigenvalue weighted by Gasteiger charge is -2.31. The van der Waals surface area contributed by atoms with Crippen LogP contribution in [0.15, 0.2) is 0 Å². The molecular formula is C7H14N2O2. The summed E-state index contributed by atoms with van der Waals surface area (Å²) in [6.45, 7) is 2.18. The molecule has 0 atom stereocenters. The Morgan fingerprint density at radius 3 is 2.64 bits per heavy atom. The molecule has 11 heavy (non-hydrogen) atoms. The quantitative estimate of drug-likeness (QED) is 0.529. The first-order chi connectivity index (χ1) is 5.24. The van der Waals surface area contributed by atoms with Gasteiger partial charge in [-0.1, -0.05) is 0 Å². The summed E-state index contributed by atoms with van der Waals surface area (Å²) in [5.41, 5.74) is 0. The second-order valence-electron chi connectivity index (χ2n) is 2.70. The molecule has 64 valence electrons. The summed E-state index contributed by atoms with van der Waals surface area (Å²) >= 11 is 0. The molecule has 0 aliphatic carbocycles. The molecular weight excluding hydrogens is 144 g/mol. The molecule has 1 heterocycles. The molecule has 0 aromatic rings. The zero-order chi connectivity index (χ0) is 8.27. The van der Waals surface area contributed by atoms with E-state index in [9.17, 15) is 4.79 Å². The van der Waals surface area contributed by atoms with Crippen molar-refractivity contribution in [3.05, 3.63) is 0 Å². The third kappa shape index (κ3) is 2.17. The van der Waals surface area contributed by atoms with Gasteiger partial charge in [-0.05, 0) is 6.42 Å². The van der Waals surface area contributed by atoms with E-state index in [2.05, 4.69) is 0 Å². The molecule has 1 aliphatic rings. The first-order valence-corrected chi connectivity index (χ1v) is 3.77. The number of hydrogen-bond donors (Lipinski definition) is 0. The van der Waals surface area contributed by atoms with Crippen molar-refractivity contribution in [3.63, 3.8) is 0 Å². The lowest BCUT2D eigenvalue weighted by molar-refractivity contribution is -0.153. The lowest BCUT2D eigenvalue weighted by Crippen LogP contribution is -2.46. The molecule has 0 saturated carbocycles. The number of hydroxylamine groups is 2. The van der Waals surface area contributed by atoms with Gasteiger partial charge >= 0.3 is 0 Å². The van der Waals surface area contributed by atoms with Crippen molar-refractivity contribution >= 4 is 5.91 Å². The van der Waals surface area contributed by atoms with Crippen LogP contribution in [-0.2, 0) is 9.63 Å². The molecule has 1 rings (SSSR count). The number of rotatable bonds is 3. The third-order valence-corrected chi connectivity index (χ3v) is 1.88. The Labute approximate surface area is 66.7 Å². The maximum Gasteiger partial charge on any atom is 0.239 e. The second kappa shape index (κ2) is 3.69. The Morgan fingerprint density at radius 2 is 2.27 bits per heavy atom. The molecule has 4 heteroatoms. The van der Waals surface area contributed by atoms with Crippen molar-refractivity contribution in [1.82, 2.24) is 9.96 Å². The van der Waals surface area contributed by atoms with Crippen molar-refractivity contribution in [2.45, 2.75) is 6.42 Å². The van der Waals surface area contributed by atoms with Gasteiger partial charge in [-0.25, -0.2) is 0 Å². The van der Waals surface area contributed by atoms with Crippen LogP contribution >= 0.6 is 0 Å². The first kappa shape index (κ1) is 8.49. The number of likely N-dealkylation sites (tertiary alicyclic amines) is 1. The highest BCUT2D eigenvalue weighted by Gasteiger charge is 2.20. The van der Waals surface area contributed by atoms with Crippen LogP contribution < -0.4 is 0 Å². The number of amides is 1. The summed E-state index contributed by atoms with van der Waals surface area (Å²) in [7, 11) is 3.31. The van der Waals surface area contributed by atoms with Crippen LogP contribution in [0.3, 0.4) is 0 Å². The summed E-state index contributed by atoms with van der Waals surface area (Å²) in [4.78, 5) is 17.9. The normalized spacial score (nSPS) is 16.8. The Kier molecular flexibility index (Phi) is 2.84. The standard InChI is InChI=1S/C7H14N2O2/c1-8(11-2)6-7(10)9-4-3-5-9/h3-6H2,1-2H3. The van der Waals surface area contributed by atoms with Crippen LogP contribution in [-0.4, -0.2) is 49.7 Å². The fourth-order valence-corrected chi connectivity index (χ4v) is 0.921. The molecule has 0 aromatic heterocycles. The minimum Gasteiger partial charge on any atom is -0.341 e. The van der Waals surface area contributed by atoms with Crippen molar-refractivity contribution in [1.29, 1.82) is 0 Å². The van der Waals surface area contributed by atoms with Crippen LogP contribution in [0, 0.1) is 0 Å². The minimum atomic E-state index is 0.153. The predicted molar refractivity (Wildman–Crippen MR) is 40.8 cm³/mol. The molecule has 1 saturated heterocycles. The fraction of sp³-hybridized carbons (Fsp3) is 0.857. The maximum absolute atomic E-state index is 11.2. The zero-order valence-corrected chi connectivity index (χ0v) is 7.04. The fourth-order valence-electron chi connectivity index (χ4n) is 0.921. The zero-order valence-electron chi connectivity index (χ0n) is 7.04. The second-order valence-corrected chi connectivity index (χ2v) is 2.70. The number of nitrogens with zero attached hydrogens (tertiary/aromatic N) is 2. The van der Waals surface area contributed by atoms with Crippen LogP contribution in [0.1, 0.15) is 6.42 Å². The summed E-state index contributed by atoms with van der Waals surface area (Å²) in [5.74, 6) is 0.153. The molecule has 1 amide bonds. The van der Waals surface area contributed by atoms with Crippen LogP contribution in [0.4, 0.5) is 0 Å². The van der Waals surface area contributed by atoms with E-state index in [-0.39, 0.29) is 5.91 Å². The van der Waals surface area contributed by atoms with Crippen LogP contribution in [0.25, 0.3) is 0 Å². The summed E-state index contributed by atoms with van der Waals surface area (Å²) in [6.07, 6.45) is 1.14. The Hall–Kier alpha value is -0.610. The van der Waals surface area contributed by atoms with Gasteiger partial charge in [-0.15, -0.1) is 0 Å². The molecule has 1 fully saturated rings. The smallest absolute Gasteiger partial charge is 0.239 e. The van der Waals surface area contributed by atoms with Gasteiger partial charge in [0.2, 0.25) is 5.91 Å². The van der Waals surface area contributed by atoms with Crippen molar-refractivity contribution in [3.8, 4) is 0 Å². The van der Waals surface area contributed by atoms with Gasteiger partial charge in [0, 0.05) is 20.1 Å². The number of carbonyl (C=O) groups excluding carboxylic acids is 1. The van der Waals surface area contributed by atoms with Gasteiger partial charge in [-0.2, -0.15) is 5.06 Å². The summed E-state index contributed by atoms with van der Waals surface area (Å²) < 4.78 is 0. The lowest BCUT2D eigenvalue weighted by atomic mass is 10.2. The Bertz CT molecular complexity index is 145. The molecule has 4 nitrogen and oxygen atoms in total. The van der Waals surface area contributed by atoms with E-state index in [4.69, 9.17) is 4.84 Å². The maximum atomic E-state index is 11.2. The molecule has 0 unspecified atom stereocenters. The van der Waals surface area contributed by atoms with Gasteiger partial charge in [-0.3, -0.25) is 4.79 Å². The van der Waals surface area contributed by atoms with E-state index in [0.29, 0.717) is 6.54 Å². The van der Waals surface area contributed by atoms with E-state index in [0.717, 1.165) is 19.5 Å². The highest BCUT2D eigenvalue weighted by Crippen LogP contribution is 2.05. The van der Waals surface area contributed by atoms with Gasteiger partial charge in [0.25, 0.3) is 0 Å². The highest BCUT2D eigenvalue weighted by molar-refractivity contribution is 5.78. The monoisotopic (exact) mass is 158 g/mol. The minimum absolute atomic E-state index is 0.153. The van der Waals surface area contributed by atoms with Gasteiger partial charge in [0.1, 0.15) is 6.54 Å². The van der Waals surface area contributed by atoms with E-state index in [1.54, 1.807) is 14.2 Å². The first-order valence-electron chi connectivity index (χ1n) is 3.77. The van der Waals surface area contributed by atoms with Crippen molar-refractivity contribution in [2.24, 2.45) is 0 Å². The highest BCUT2D eigenvalue weighted by atomic mass is 16.7. The van der Waals surface area contributed by atoms with E-state index < -0.39 is 0 Å². The molecule has 0 N–H and O–H groups in total. The average molecular weight is 158 g/mol. The molecule has 0 spiro atoms. The van der Waals surface area contributed by atoms with Crippen molar-refractivity contribution < 1.29 is 9.63 Å². The van der Waals surface area contributed by atoms with Gasteiger partial charge in [0.15, 0.2) is 0 Å². The molecule has 1 aliphatic heterocycles. The number of hydrogen-bond acceptors (Lipinski definition) is 3. The Morgan fingerprint density at radius 1 is 1.64 bits per heavy atom. The van der Waals surface area contributed by atoms with Crippen molar-refractivity contribution in [2.75, 3.05) is 33.8 Å². The largest absolute Gasteiger partial charge is 0.341 e. The van der Waals surface area contributed by atoms with E-state index in [1.165, 1.54) is 5.06 Å². The van der Waals surface area contributed by atoms with Crippen LogP contribution in [0.2, 0.25) is 0 Å². The molecule has 0 aromatic carbocycles. The average Bonchev–Trinajstić information content (AvgIpc) is 1.83. The number of carbonyl (C=O) groups is 1. The summed E-state index contributed by atoms with van der Waals surface area (Å²) in [6, 6.07) is 0. The SMILES string of the molecule is CON(C)CC(=O)N1CCC1. The number of likely N-dealkylation sites (N-methyl/N-ethyl adjacent to an activating group) is 1. The van der Waals surface area contributed by atoms with Gasteiger partial charge in [0.05, 0.1) is 7.11 Å². The third-order valence-electron chi connectivity index (χ3n) is 1.88. The molecule has 0 bridgehead atoms. The van der Waals surface area contributed by atoms with E-state index >= 15 is 0 Å². The van der Waals surface area contributed by atoms with Gasteiger partial charge < -0.3 is 9.74 Å². The Balaban J connectivity index is 2.19. The predicted octanol–water partition coefficient (Wildman–Crippen LogP) is -0.288. The van der Waals surface area contributed by atoms with E-state index in [1.807, 2.05) is 4.90 Å². The summed E-state index contributed by atoms with van der Waals surface area (Å²) in [5, 5.41) is 1.53.